The molecule has 0 N–H and O–H groups in total. The van der Waals surface area contributed by atoms with Crippen LogP contribution in [-0.4, -0.2) is 57.4 Å². The highest BCUT2D eigenvalue weighted by molar-refractivity contribution is 5.92. The van der Waals surface area contributed by atoms with Crippen molar-refractivity contribution in [3.05, 3.63) is 23.8 Å². The molecule has 6 rings (SSSR count). The summed E-state index contributed by atoms with van der Waals surface area (Å²) in [5.74, 6) is 2.98. The van der Waals surface area contributed by atoms with Crippen LogP contribution in [0.4, 0.5) is 0 Å². The largest absolute Gasteiger partial charge is 0.335 e. The Balaban J connectivity index is 1.26. The summed E-state index contributed by atoms with van der Waals surface area (Å²) >= 11 is 0. The molecule has 25 heavy (non-hydrogen) atoms. The fourth-order valence-corrected chi connectivity index (χ4v) is 6.50. The highest BCUT2D eigenvalue weighted by Gasteiger charge is 2.53. The minimum atomic E-state index is 0.0395. The zero-order valence-corrected chi connectivity index (χ0v) is 15.2. The molecule has 4 bridgehead atoms. The molecule has 2 heterocycles. The number of carbonyl (C=O) groups excluding carboxylic acids is 1. The van der Waals surface area contributed by atoms with Gasteiger partial charge in [0.1, 0.15) is 5.69 Å². The van der Waals surface area contributed by atoms with Crippen LogP contribution < -0.4 is 0 Å². The van der Waals surface area contributed by atoms with Crippen LogP contribution in [0.25, 0.3) is 0 Å². The number of amides is 1. The Morgan fingerprint density at radius 1 is 0.960 bits per heavy atom. The number of hydrogen-bond donors (Lipinski definition) is 0. The van der Waals surface area contributed by atoms with Crippen LogP contribution in [0, 0.1) is 24.7 Å². The van der Waals surface area contributed by atoms with E-state index in [2.05, 4.69) is 14.9 Å². The lowest BCUT2D eigenvalue weighted by molar-refractivity contribution is -0.0987. The van der Waals surface area contributed by atoms with Gasteiger partial charge in [-0.25, -0.2) is 4.98 Å². The maximum atomic E-state index is 12.7. The van der Waals surface area contributed by atoms with Crippen molar-refractivity contribution in [3.63, 3.8) is 0 Å². The highest BCUT2D eigenvalue weighted by Crippen LogP contribution is 2.57. The molecule has 1 amide bonds. The lowest BCUT2D eigenvalue weighted by Crippen LogP contribution is -2.64. The Hall–Kier alpha value is -1.49. The third-order valence-electron chi connectivity index (χ3n) is 7.24. The zero-order chi connectivity index (χ0) is 17.0. The first-order valence-corrected chi connectivity index (χ1v) is 9.94. The third kappa shape index (κ3) is 2.67. The summed E-state index contributed by atoms with van der Waals surface area (Å²) in [6, 6.07) is 0. The number of rotatable bonds is 2. The average molecular weight is 340 g/mol. The predicted molar refractivity (Wildman–Crippen MR) is 95.1 cm³/mol. The molecule has 5 nitrogen and oxygen atoms in total. The van der Waals surface area contributed by atoms with Crippen LogP contribution in [0.1, 0.15) is 54.7 Å². The van der Waals surface area contributed by atoms with Gasteiger partial charge in [-0.2, -0.15) is 0 Å². The molecule has 0 aromatic carbocycles. The van der Waals surface area contributed by atoms with Crippen molar-refractivity contribution in [1.29, 1.82) is 0 Å². The smallest absolute Gasteiger partial charge is 0.274 e. The van der Waals surface area contributed by atoms with Gasteiger partial charge in [0.2, 0.25) is 0 Å². The van der Waals surface area contributed by atoms with Gasteiger partial charge in [0.25, 0.3) is 5.91 Å². The molecule has 4 saturated carbocycles. The number of hydrogen-bond acceptors (Lipinski definition) is 4. The molecule has 0 spiro atoms. The van der Waals surface area contributed by atoms with E-state index in [0.717, 1.165) is 49.6 Å². The lowest BCUT2D eigenvalue weighted by Gasteiger charge is -2.61. The molecule has 5 heteroatoms. The molecule has 1 aromatic rings. The molecule has 0 unspecified atom stereocenters. The van der Waals surface area contributed by atoms with Gasteiger partial charge in [-0.1, -0.05) is 0 Å². The summed E-state index contributed by atoms with van der Waals surface area (Å²) in [7, 11) is 0. The van der Waals surface area contributed by atoms with Crippen molar-refractivity contribution in [2.45, 2.75) is 51.0 Å². The van der Waals surface area contributed by atoms with Crippen LogP contribution in [0.2, 0.25) is 0 Å². The molecule has 1 saturated heterocycles. The van der Waals surface area contributed by atoms with Crippen LogP contribution >= 0.6 is 0 Å². The van der Waals surface area contributed by atoms with Gasteiger partial charge in [0, 0.05) is 37.9 Å². The van der Waals surface area contributed by atoms with Gasteiger partial charge >= 0.3 is 0 Å². The highest BCUT2D eigenvalue weighted by atomic mass is 16.2. The molecular formula is C20H28N4O. The SMILES string of the molecule is Cc1cnc(C(=O)N2CCN(C34CC5CC(CC(C5)C3)C4)CC2)cn1. The van der Waals surface area contributed by atoms with Crippen LogP contribution in [0.3, 0.4) is 0 Å². The lowest BCUT2D eigenvalue weighted by atomic mass is 9.52. The summed E-state index contributed by atoms with van der Waals surface area (Å²) in [5.41, 5.74) is 1.80. The van der Waals surface area contributed by atoms with Gasteiger partial charge in [-0.15, -0.1) is 0 Å². The number of piperazine rings is 1. The van der Waals surface area contributed by atoms with E-state index < -0.39 is 0 Å². The topological polar surface area (TPSA) is 49.3 Å². The number of aryl methyl sites for hydroxylation is 1. The summed E-state index contributed by atoms with van der Waals surface area (Å²) in [6.07, 6.45) is 12.0. The first-order chi connectivity index (χ1) is 12.1. The van der Waals surface area contributed by atoms with E-state index in [0.29, 0.717) is 11.2 Å². The minimum Gasteiger partial charge on any atom is -0.335 e. The number of aromatic nitrogens is 2. The Labute approximate surface area is 149 Å². The summed E-state index contributed by atoms with van der Waals surface area (Å²) < 4.78 is 0. The zero-order valence-electron chi connectivity index (χ0n) is 15.2. The molecule has 0 radical (unpaired) electrons. The van der Waals surface area contributed by atoms with Gasteiger partial charge in [-0.05, 0) is 63.2 Å². The van der Waals surface area contributed by atoms with Crippen LogP contribution in [0.5, 0.6) is 0 Å². The van der Waals surface area contributed by atoms with Crippen molar-refractivity contribution in [2.75, 3.05) is 26.2 Å². The van der Waals surface area contributed by atoms with Gasteiger partial charge in [-0.3, -0.25) is 14.7 Å². The molecule has 134 valence electrons. The van der Waals surface area contributed by atoms with Crippen LogP contribution in [-0.2, 0) is 0 Å². The van der Waals surface area contributed by atoms with E-state index >= 15 is 0 Å². The molecule has 0 atom stereocenters. The van der Waals surface area contributed by atoms with E-state index in [4.69, 9.17) is 0 Å². The van der Waals surface area contributed by atoms with Gasteiger partial charge in [0.15, 0.2) is 0 Å². The van der Waals surface area contributed by atoms with Crippen molar-refractivity contribution < 1.29 is 4.79 Å². The van der Waals surface area contributed by atoms with Crippen molar-refractivity contribution >= 4 is 5.91 Å². The van der Waals surface area contributed by atoms with E-state index in [-0.39, 0.29) is 5.91 Å². The van der Waals surface area contributed by atoms with E-state index in [1.807, 2.05) is 11.8 Å². The molecule has 4 aliphatic carbocycles. The van der Waals surface area contributed by atoms with Crippen molar-refractivity contribution in [3.8, 4) is 0 Å². The number of nitrogens with zero attached hydrogens (tertiary/aromatic N) is 4. The fourth-order valence-electron chi connectivity index (χ4n) is 6.50. The molecular weight excluding hydrogens is 312 g/mol. The fraction of sp³-hybridized carbons (Fsp3) is 0.750. The summed E-state index contributed by atoms with van der Waals surface area (Å²) in [4.78, 5) is 25.9. The van der Waals surface area contributed by atoms with Gasteiger partial charge < -0.3 is 4.90 Å². The summed E-state index contributed by atoms with van der Waals surface area (Å²) in [6.45, 7) is 5.60. The second-order valence-electron chi connectivity index (χ2n) is 8.96. The molecule has 5 fully saturated rings. The van der Waals surface area contributed by atoms with E-state index in [1.54, 1.807) is 12.4 Å². The maximum absolute atomic E-state index is 12.7. The van der Waals surface area contributed by atoms with Crippen LogP contribution in [0.15, 0.2) is 12.4 Å². The molecule has 5 aliphatic rings. The Kier molecular flexibility index (Phi) is 3.63. The first kappa shape index (κ1) is 15.7. The Morgan fingerprint density at radius 2 is 1.56 bits per heavy atom. The standard InChI is InChI=1S/C20H28N4O/c1-14-12-22-18(13-21-14)19(25)23-2-4-24(5-3-23)20-9-15-6-16(10-20)8-17(7-15)11-20/h12-13,15-17H,2-11H2,1H3. The number of carbonyl (C=O) groups is 1. The first-order valence-electron chi connectivity index (χ1n) is 9.94. The molecule has 1 aromatic heterocycles. The predicted octanol–water partition coefficient (Wildman–Crippen LogP) is 2.51. The van der Waals surface area contributed by atoms with E-state index in [9.17, 15) is 4.79 Å². The Bertz CT molecular complexity index is 627. The second-order valence-corrected chi connectivity index (χ2v) is 8.96. The quantitative estimate of drug-likeness (QED) is 0.830. The van der Waals surface area contributed by atoms with E-state index in [1.165, 1.54) is 38.5 Å². The summed E-state index contributed by atoms with van der Waals surface area (Å²) in [5, 5.41) is 0. The van der Waals surface area contributed by atoms with Crippen molar-refractivity contribution in [2.24, 2.45) is 17.8 Å². The van der Waals surface area contributed by atoms with Gasteiger partial charge in [0.05, 0.1) is 11.9 Å². The minimum absolute atomic E-state index is 0.0395. The monoisotopic (exact) mass is 340 g/mol. The third-order valence-corrected chi connectivity index (χ3v) is 7.24. The average Bonchev–Trinajstić information content (AvgIpc) is 2.61. The maximum Gasteiger partial charge on any atom is 0.274 e. The molecule has 1 aliphatic heterocycles. The van der Waals surface area contributed by atoms with Crippen molar-refractivity contribution in [1.82, 2.24) is 19.8 Å². The Morgan fingerprint density at radius 3 is 2.08 bits per heavy atom. The normalized spacial score (nSPS) is 37.5. The second kappa shape index (κ2) is 5.76.